The fourth-order valence-electron chi connectivity index (χ4n) is 11.0. The number of amides is 1. The number of rotatable bonds is 11. The Hall–Kier alpha value is -2.88. The molecule has 0 spiro atoms. The predicted octanol–water partition coefficient (Wildman–Crippen LogP) is 5.39. The van der Waals surface area contributed by atoms with Crippen LogP contribution >= 0.6 is 0 Å². The van der Waals surface area contributed by atoms with Gasteiger partial charge in [0, 0.05) is 36.8 Å². The third-order valence-corrected chi connectivity index (χ3v) is 14.0. The zero-order chi connectivity index (χ0) is 35.9. The predicted molar refractivity (Wildman–Crippen MR) is 188 cm³/mol. The molecule has 1 amide bonds. The van der Waals surface area contributed by atoms with Crippen LogP contribution < -0.4 is 5.32 Å². The van der Waals surface area contributed by atoms with E-state index in [2.05, 4.69) is 50.4 Å². The fourth-order valence-corrected chi connectivity index (χ4v) is 11.0. The van der Waals surface area contributed by atoms with Crippen molar-refractivity contribution in [1.29, 1.82) is 0 Å². The van der Waals surface area contributed by atoms with Crippen molar-refractivity contribution < 1.29 is 38.9 Å². The van der Waals surface area contributed by atoms with E-state index < -0.39 is 35.5 Å². The van der Waals surface area contributed by atoms with E-state index in [0.29, 0.717) is 31.9 Å². The van der Waals surface area contributed by atoms with Crippen LogP contribution in [0.15, 0.2) is 42.0 Å². The van der Waals surface area contributed by atoms with Crippen LogP contribution in [0.5, 0.6) is 0 Å². The second-order valence-electron chi connectivity index (χ2n) is 16.9. The molecule has 50 heavy (non-hydrogen) atoms. The fraction of sp³-hybridized carbons (Fsp3) is 0.707. The lowest BCUT2D eigenvalue weighted by Gasteiger charge is -2.60. The summed E-state index contributed by atoms with van der Waals surface area (Å²) in [4.78, 5) is 51.3. The van der Waals surface area contributed by atoms with Crippen molar-refractivity contribution in [2.24, 2.45) is 34.5 Å². The highest BCUT2D eigenvalue weighted by atomic mass is 16.5. The Labute approximate surface area is 296 Å². The van der Waals surface area contributed by atoms with Crippen LogP contribution in [0.3, 0.4) is 0 Å². The summed E-state index contributed by atoms with van der Waals surface area (Å²) in [5.41, 5.74) is -0.529. The van der Waals surface area contributed by atoms with Crippen molar-refractivity contribution in [3.63, 3.8) is 0 Å². The van der Waals surface area contributed by atoms with E-state index in [1.54, 1.807) is 6.08 Å². The Morgan fingerprint density at radius 2 is 1.78 bits per heavy atom. The molecule has 0 radical (unpaired) electrons. The number of carbonyl (C=O) groups excluding carboxylic acids is 4. The van der Waals surface area contributed by atoms with Crippen molar-refractivity contribution in [1.82, 2.24) is 5.32 Å². The van der Waals surface area contributed by atoms with Crippen LogP contribution in [0.1, 0.15) is 110 Å². The molecule has 1 aromatic rings. The van der Waals surface area contributed by atoms with Crippen LogP contribution in [0, 0.1) is 34.5 Å². The second kappa shape index (κ2) is 14.3. The minimum absolute atomic E-state index is 0.0207. The van der Waals surface area contributed by atoms with Gasteiger partial charge in [0.25, 0.3) is 0 Å². The van der Waals surface area contributed by atoms with E-state index in [1.165, 1.54) is 5.56 Å². The molecule has 0 bridgehead atoms. The van der Waals surface area contributed by atoms with Gasteiger partial charge in [-0.3, -0.25) is 19.2 Å². The Bertz CT molecular complexity index is 1490. The number of benzene rings is 1. The molecule has 0 aromatic heterocycles. The molecule has 0 unspecified atom stereocenters. The number of hydrogen-bond donors (Lipinski definition) is 3. The van der Waals surface area contributed by atoms with Gasteiger partial charge in [0.2, 0.25) is 11.7 Å². The lowest BCUT2D eigenvalue weighted by atomic mass is 9.45. The molecular weight excluding hydrogens is 634 g/mol. The highest BCUT2D eigenvalue weighted by Gasteiger charge is 2.68. The largest absolute Gasteiger partial charge is 0.458 e. The van der Waals surface area contributed by atoms with E-state index >= 15 is 0 Å². The smallest absolute Gasteiger partial charge is 0.306 e. The van der Waals surface area contributed by atoms with Gasteiger partial charge in [-0.1, -0.05) is 63.6 Å². The number of fused-ring (bicyclic) bond motifs is 5. The minimum Gasteiger partial charge on any atom is -0.458 e. The molecule has 9 heteroatoms. The molecule has 9 nitrogen and oxygen atoms in total. The third kappa shape index (κ3) is 6.63. The maximum Gasteiger partial charge on any atom is 0.306 e. The molecule has 4 fully saturated rings. The summed E-state index contributed by atoms with van der Waals surface area (Å²) < 4.78 is 11.4. The number of esters is 1. The molecule has 3 N–H and O–H groups in total. The Kier molecular flexibility index (Phi) is 10.5. The Morgan fingerprint density at radius 3 is 2.52 bits per heavy atom. The zero-order valence-electron chi connectivity index (χ0n) is 30.4. The Morgan fingerprint density at radius 1 is 1.02 bits per heavy atom. The van der Waals surface area contributed by atoms with Crippen LogP contribution in [-0.4, -0.2) is 71.2 Å². The highest BCUT2D eigenvalue weighted by molar-refractivity contribution is 5.92. The number of ketones is 2. The zero-order valence-corrected chi connectivity index (χ0v) is 30.4. The van der Waals surface area contributed by atoms with Crippen molar-refractivity contribution in [3.05, 3.63) is 47.5 Å². The van der Waals surface area contributed by atoms with Crippen LogP contribution in [-0.2, 0) is 34.1 Å². The molecular formula is C41H57NO8. The second-order valence-corrected chi connectivity index (χ2v) is 16.9. The van der Waals surface area contributed by atoms with Gasteiger partial charge in [0.1, 0.15) is 5.60 Å². The standard InChI is InChI=1S/C41H57NO8/c1-26(2)33-24-40(19-21-49-33,27-8-6-5-7-9-27)18-20-42-35(46)12-13-36(47)50-25-34(45)41(48)17-15-31-30-11-10-28-22-29(43)14-16-38(28,3)37(30)32(44)23-39(31,41)4/h5-9,22,26,30-33,37,44,48H,10-21,23-25H2,1-4H3,(H,42,46)/t30-,31+,32-,33-,37+,38-,39-,40+,41-/m0/s1. The average Bonchev–Trinajstić information content (AvgIpc) is 3.37. The number of allylic oxidation sites excluding steroid dienone is 1. The average molecular weight is 692 g/mol. The van der Waals surface area contributed by atoms with E-state index in [0.717, 1.165) is 44.1 Å². The molecule has 274 valence electrons. The first-order valence-corrected chi connectivity index (χ1v) is 19.0. The summed E-state index contributed by atoms with van der Waals surface area (Å²) in [5, 5.41) is 26.6. The molecule has 5 aliphatic rings. The summed E-state index contributed by atoms with van der Waals surface area (Å²) >= 11 is 0. The maximum atomic E-state index is 13.6. The van der Waals surface area contributed by atoms with Gasteiger partial charge in [-0.05, 0) is 98.5 Å². The number of carbonyl (C=O) groups is 4. The summed E-state index contributed by atoms with van der Waals surface area (Å²) in [7, 11) is 0. The van der Waals surface area contributed by atoms with E-state index in [-0.39, 0.29) is 72.1 Å². The summed E-state index contributed by atoms with van der Waals surface area (Å²) in [6.07, 6.45) is 7.56. The summed E-state index contributed by atoms with van der Waals surface area (Å²) in [6, 6.07) is 10.4. The maximum absolute atomic E-state index is 13.6. The molecule has 1 aliphatic heterocycles. The molecule has 1 saturated heterocycles. The molecule has 3 saturated carbocycles. The van der Waals surface area contributed by atoms with Gasteiger partial charge in [0.15, 0.2) is 12.4 Å². The third-order valence-electron chi connectivity index (χ3n) is 14.0. The minimum atomic E-state index is -1.71. The van der Waals surface area contributed by atoms with Gasteiger partial charge in [-0.25, -0.2) is 0 Å². The number of ether oxygens (including phenoxy) is 2. The first-order chi connectivity index (χ1) is 23.7. The number of aliphatic hydroxyl groups excluding tert-OH is 1. The van der Waals surface area contributed by atoms with Gasteiger partial charge in [-0.2, -0.15) is 0 Å². The van der Waals surface area contributed by atoms with E-state index in [1.807, 2.05) is 13.0 Å². The van der Waals surface area contributed by atoms with Crippen molar-refractivity contribution in [2.45, 2.75) is 128 Å². The van der Waals surface area contributed by atoms with Gasteiger partial charge in [0.05, 0.1) is 18.6 Å². The van der Waals surface area contributed by atoms with E-state index in [9.17, 15) is 29.4 Å². The summed E-state index contributed by atoms with van der Waals surface area (Å²) in [5.74, 6) is -0.747. The number of nitrogens with one attached hydrogen (secondary N) is 1. The normalized spacial score (nSPS) is 38.0. The molecule has 6 rings (SSSR count). The topological polar surface area (TPSA) is 139 Å². The summed E-state index contributed by atoms with van der Waals surface area (Å²) in [6.45, 7) is 9.02. The monoisotopic (exact) mass is 691 g/mol. The lowest BCUT2D eigenvalue weighted by molar-refractivity contribution is -0.184. The molecule has 4 aliphatic carbocycles. The van der Waals surface area contributed by atoms with Crippen molar-refractivity contribution in [3.8, 4) is 0 Å². The molecule has 1 heterocycles. The van der Waals surface area contributed by atoms with Gasteiger partial charge >= 0.3 is 5.97 Å². The highest BCUT2D eigenvalue weighted by Crippen LogP contribution is 2.67. The first-order valence-electron chi connectivity index (χ1n) is 19.0. The first kappa shape index (κ1) is 36.9. The Balaban J connectivity index is 0.996. The number of hydrogen-bond acceptors (Lipinski definition) is 8. The van der Waals surface area contributed by atoms with Gasteiger partial charge in [-0.15, -0.1) is 0 Å². The molecule has 1 aromatic carbocycles. The van der Waals surface area contributed by atoms with Crippen LogP contribution in [0.25, 0.3) is 0 Å². The SMILES string of the molecule is CC(C)[C@@H]1C[C@](CCNC(=O)CCC(=O)OCC(=O)[C@@]2(O)CC[C@@H]3[C@@H]4CCC5=CC(=O)CC[C@]5(C)[C@H]4[C@@H](O)C[C@@]32C)(c2ccccc2)CCO1. The van der Waals surface area contributed by atoms with Crippen molar-refractivity contribution >= 4 is 23.4 Å². The van der Waals surface area contributed by atoms with Crippen LogP contribution in [0.4, 0.5) is 0 Å². The van der Waals surface area contributed by atoms with Gasteiger partial charge < -0.3 is 25.0 Å². The number of aliphatic hydroxyl groups is 2. The van der Waals surface area contributed by atoms with E-state index in [4.69, 9.17) is 9.47 Å². The van der Waals surface area contributed by atoms with Crippen molar-refractivity contribution in [2.75, 3.05) is 19.8 Å². The number of Topliss-reactive ketones (excluding diaryl/α,β-unsaturated/α-hetero) is 1. The van der Waals surface area contributed by atoms with Crippen LogP contribution in [0.2, 0.25) is 0 Å². The quantitative estimate of drug-likeness (QED) is 0.263. The lowest BCUT2D eigenvalue weighted by Crippen LogP contribution is -2.62. The molecule has 9 atom stereocenters.